The first-order valence-electron chi connectivity index (χ1n) is 8.11. The molecule has 7 heteroatoms. The summed E-state index contributed by atoms with van der Waals surface area (Å²) in [5.74, 6) is 2.03. The maximum atomic E-state index is 12.0. The van der Waals surface area contributed by atoms with Crippen LogP contribution in [0.15, 0.2) is 15.9 Å². The first-order valence-corrected chi connectivity index (χ1v) is 8.99. The standard InChI is InChI=1S/C17H23N3O3S/c1-10-6-14(11(2)23-10)17(3,22)9-19-16(21)18-7-13-8-24-15(20-13)12-4-5-12/h6,8,12,22H,4-5,7,9H2,1-3H3,(H2,18,19,21)/t17-/m1/s1. The monoisotopic (exact) mass is 349 g/mol. The van der Waals surface area contributed by atoms with Crippen molar-refractivity contribution in [3.05, 3.63) is 39.2 Å². The molecule has 1 atom stereocenters. The van der Waals surface area contributed by atoms with Gasteiger partial charge in [-0.25, -0.2) is 9.78 Å². The van der Waals surface area contributed by atoms with Crippen LogP contribution in [0.5, 0.6) is 0 Å². The van der Waals surface area contributed by atoms with Gasteiger partial charge < -0.3 is 20.2 Å². The van der Waals surface area contributed by atoms with E-state index in [9.17, 15) is 9.90 Å². The van der Waals surface area contributed by atoms with Crippen molar-refractivity contribution in [2.24, 2.45) is 0 Å². The predicted molar refractivity (Wildman–Crippen MR) is 92.1 cm³/mol. The number of rotatable bonds is 6. The summed E-state index contributed by atoms with van der Waals surface area (Å²) < 4.78 is 5.44. The second-order valence-corrected chi connectivity index (χ2v) is 7.48. The SMILES string of the molecule is Cc1cc([C@](C)(O)CNC(=O)NCc2csc(C3CC3)n2)c(C)o1. The fourth-order valence-corrected chi connectivity index (χ4v) is 3.66. The number of urea groups is 1. The summed E-state index contributed by atoms with van der Waals surface area (Å²) in [5.41, 5.74) is 0.387. The number of amides is 2. The maximum Gasteiger partial charge on any atom is 0.315 e. The molecule has 0 bridgehead atoms. The third-order valence-corrected chi connectivity index (χ3v) is 5.20. The van der Waals surface area contributed by atoms with E-state index < -0.39 is 5.60 Å². The van der Waals surface area contributed by atoms with E-state index in [1.54, 1.807) is 31.3 Å². The van der Waals surface area contributed by atoms with Crippen LogP contribution in [0.4, 0.5) is 4.79 Å². The molecule has 2 aromatic rings. The summed E-state index contributed by atoms with van der Waals surface area (Å²) in [7, 11) is 0. The molecule has 1 aliphatic carbocycles. The van der Waals surface area contributed by atoms with Crippen LogP contribution in [0.2, 0.25) is 0 Å². The Morgan fingerprint density at radius 3 is 2.83 bits per heavy atom. The maximum absolute atomic E-state index is 12.0. The molecule has 2 heterocycles. The molecule has 0 aromatic carbocycles. The van der Waals surface area contributed by atoms with Gasteiger partial charge in [0.05, 0.1) is 23.8 Å². The minimum Gasteiger partial charge on any atom is -0.466 e. The Morgan fingerprint density at radius 1 is 1.46 bits per heavy atom. The van der Waals surface area contributed by atoms with Crippen molar-refractivity contribution in [3.63, 3.8) is 0 Å². The average Bonchev–Trinajstić information content (AvgIpc) is 3.16. The first kappa shape index (κ1) is 17.0. The number of thiazole rings is 1. The van der Waals surface area contributed by atoms with E-state index in [0.29, 0.717) is 23.8 Å². The summed E-state index contributed by atoms with van der Waals surface area (Å²) in [5, 5.41) is 19.2. The van der Waals surface area contributed by atoms with Gasteiger partial charge in [-0.2, -0.15) is 0 Å². The summed E-state index contributed by atoms with van der Waals surface area (Å²) in [6.07, 6.45) is 2.45. The molecular formula is C17H23N3O3S. The average molecular weight is 349 g/mol. The van der Waals surface area contributed by atoms with Crippen LogP contribution in [0, 0.1) is 13.8 Å². The number of aromatic nitrogens is 1. The van der Waals surface area contributed by atoms with E-state index in [0.717, 1.165) is 11.5 Å². The Hall–Kier alpha value is -1.86. The minimum atomic E-state index is -1.18. The third-order valence-electron chi connectivity index (χ3n) is 4.14. The van der Waals surface area contributed by atoms with Gasteiger partial charge in [0, 0.05) is 16.9 Å². The summed E-state index contributed by atoms with van der Waals surface area (Å²) in [6.45, 7) is 5.78. The number of carbonyl (C=O) groups excluding carboxylic acids is 1. The molecule has 0 aliphatic heterocycles. The van der Waals surface area contributed by atoms with Crippen molar-refractivity contribution in [3.8, 4) is 0 Å². The van der Waals surface area contributed by atoms with E-state index in [1.807, 2.05) is 12.3 Å². The molecule has 24 heavy (non-hydrogen) atoms. The highest BCUT2D eigenvalue weighted by atomic mass is 32.1. The van der Waals surface area contributed by atoms with Crippen LogP contribution < -0.4 is 10.6 Å². The van der Waals surface area contributed by atoms with Crippen LogP contribution in [0.3, 0.4) is 0 Å². The van der Waals surface area contributed by atoms with Gasteiger partial charge in [0.15, 0.2) is 0 Å². The van der Waals surface area contributed by atoms with Gasteiger partial charge in [-0.3, -0.25) is 0 Å². The second-order valence-electron chi connectivity index (χ2n) is 6.59. The lowest BCUT2D eigenvalue weighted by molar-refractivity contribution is 0.0579. The number of aryl methyl sites for hydroxylation is 2. The number of furan rings is 1. The molecule has 2 aromatic heterocycles. The van der Waals surface area contributed by atoms with Crippen molar-refractivity contribution in [2.75, 3.05) is 6.54 Å². The number of carbonyl (C=O) groups is 1. The molecular weight excluding hydrogens is 326 g/mol. The number of aliphatic hydroxyl groups is 1. The second kappa shape index (κ2) is 6.57. The van der Waals surface area contributed by atoms with Crippen molar-refractivity contribution < 1.29 is 14.3 Å². The molecule has 2 amide bonds. The molecule has 1 saturated carbocycles. The van der Waals surface area contributed by atoms with Crippen LogP contribution in [-0.2, 0) is 12.1 Å². The van der Waals surface area contributed by atoms with Crippen molar-refractivity contribution >= 4 is 17.4 Å². The molecule has 0 radical (unpaired) electrons. The third kappa shape index (κ3) is 3.96. The van der Waals surface area contributed by atoms with Crippen LogP contribution in [0.1, 0.15) is 53.5 Å². The largest absolute Gasteiger partial charge is 0.466 e. The normalized spacial score (nSPS) is 16.7. The predicted octanol–water partition coefficient (Wildman–Crippen LogP) is 2.94. The van der Waals surface area contributed by atoms with E-state index in [4.69, 9.17) is 4.42 Å². The highest BCUT2D eigenvalue weighted by Crippen LogP contribution is 2.41. The Kier molecular flexibility index (Phi) is 4.64. The first-order chi connectivity index (χ1) is 11.3. The van der Waals surface area contributed by atoms with E-state index in [1.165, 1.54) is 17.8 Å². The minimum absolute atomic E-state index is 0.100. The highest BCUT2D eigenvalue weighted by molar-refractivity contribution is 7.09. The fraction of sp³-hybridized carbons (Fsp3) is 0.529. The number of hydrogen-bond donors (Lipinski definition) is 3. The van der Waals surface area contributed by atoms with Crippen molar-refractivity contribution in [2.45, 2.75) is 51.7 Å². The number of hydrogen-bond acceptors (Lipinski definition) is 5. The van der Waals surface area contributed by atoms with E-state index in [2.05, 4.69) is 15.6 Å². The van der Waals surface area contributed by atoms with Crippen molar-refractivity contribution in [1.29, 1.82) is 0 Å². The summed E-state index contributed by atoms with van der Waals surface area (Å²) in [6, 6.07) is 1.47. The molecule has 0 unspecified atom stereocenters. The van der Waals surface area contributed by atoms with Gasteiger partial charge in [-0.15, -0.1) is 11.3 Å². The lowest BCUT2D eigenvalue weighted by Crippen LogP contribution is -2.43. The molecule has 3 rings (SSSR count). The Morgan fingerprint density at radius 2 is 2.21 bits per heavy atom. The molecule has 0 saturated heterocycles. The fourth-order valence-electron chi connectivity index (χ4n) is 2.67. The Balaban J connectivity index is 1.48. The smallest absolute Gasteiger partial charge is 0.315 e. The van der Waals surface area contributed by atoms with Gasteiger partial charge in [0.2, 0.25) is 0 Å². The van der Waals surface area contributed by atoms with Gasteiger partial charge in [-0.1, -0.05) is 0 Å². The van der Waals surface area contributed by atoms with Crippen LogP contribution >= 0.6 is 11.3 Å². The molecule has 6 nitrogen and oxygen atoms in total. The Labute approximate surface area is 145 Å². The number of nitrogens with zero attached hydrogens (tertiary/aromatic N) is 1. The van der Waals surface area contributed by atoms with Crippen LogP contribution in [-0.4, -0.2) is 22.7 Å². The van der Waals surface area contributed by atoms with Crippen molar-refractivity contribution in [1.82, 2.24) is 15.6 Å². The lowest BCUT2D eigenvalue weighted by Gasteiger charge is -2.23. The zero-order valence-corrected chi connectivity index (χ0v) is 15.0. The lowest BCUT2D eigenvalue weighted by atomic mass is 9.96. The highest BCUT2D eigenvalue weighted by Gasteiger charge is 2.28. The van der Waals surface area contributed by atoms with E-state index in [-0.39, 0.29) is 12.6 Å². The van der Waals surface area contributed by atoms with Gasteiger partial charge in [0.1, 0.15) is 17.1 Å². The molecule has 1 fully saturated rings. The van der Waals surface area contributed by atoms with Crippen LogP contribution in [0.25, 0.3) is 0 Å². The van der Waals surface area contributed by atoms with Gasteiger partial charge >= 0.3 is 6.03 Å². The topological polar surface area (TPSA) is 87.4 Å². The molecule has 1 aliphatic rings. The summed E-state index contributed by atoms with van der Waals surface area (Å²) in [4.78, 5) is 16.5. The molecule has 130 valence electrons. The van der Waals surface area contributed by atoms with Gasteiger partial charge in [-0.05, 0) is 39.7 Å². The molecule has 3 N–H and O–H groups in total. The molecule has 0 spiro atoms. The Bertz CT molecular complexity index is 731. The quantitative estimate of drug-likeness (QED) is 0.748. The summed E-state index contributed by atoms with van der Waals surface area (Å²) >= 11 is 1.66. The zero-order chi connectivity index (χ0) is 17.3. The van der Waals surface area contributed by atoms with Gasteiger partial charge in [0.25, 0.3) is 0 Å². The van der Waals surface area contributed by atoms with E-state index >= 15 is 0 Å². The number of nitrogens with one attached hydrogen (secondary N) is 2. The zero-order valence-electron chi connectivity index (χ0n) is 14.2.